The molecule has 3 rings (SSSR count). The number of rotatable bonds is 3. The molecule has 0 aromatic heterocycles. The average molecular weight is 324 g/mol. The van der Waals surface area contributed by atoms with Crippen molar-refractivity contribution in [3.05, 3.63) is 59.2 Å². The van der Waals surface area contributed by atoms with Gasteiger partial charge in [-0.2, -0.15) is 5.10 Å². The van der Waals surface area contributed by atoms with Crippen LogP contribution in [0.25, 0.3) is 0 Å². The number of carbonyl (C=O) groups excluding carboxylic acids is 1. The Kier molecular flexibility index (Phi) is 4.51. The van der Waals surface area contributed by atoms with Crippen LogP contribution in [-0.2, 0) is 4.79 Å². The molecule has 1 aliphatic heterocycles. The molecular weight excluding hydrogens is 304 g/mol. The van der Waals surface area contributed by atoms with Gasteiger partial charge < -0.3 is 9.47 Å². The van der Waals surface area contributed by atoms with Gasteiger partial charge in [-0.25, -0.2) is 5.43 Å². The molecule has 0 spiro atoms. The fourth-order valence-corrected chi connectivity index (χ4v) is 2.55. The zero-order valence-corrected chi connectivity index (χ0v) is 14.0. The molecule has 0 fully saturated rings. The van der Waals surface area contributed by atoms with Crippen LogP contribution >= 0.6 is 0 Å². The minimum Gasteiger partial charge on any atom is -0.485 e. The number of aryl methyl sites for hydroxylation is 2. The van der Waals surface area contributed by atoms with E-state index in [-0.39, 0.29) is 12.5 Å². The van der Waals surface area contributed by atoms with Crippen molar-refractivity contribution >= 4 is 11.6 Å². The predicted octanol–water partition coefficient (Wildman–Crippen LogP) is 2.98. The van der Waals surface area contributed by atoms with Crippen LogP contribution in [-0.4, -0.2) is 24.3 Å². The van der Waals surface area contributed by atoms with Crippen LogP contribution in [0.3, 0.4) is 0 Å². The van der Waals surface area contributed by atoms with Crippen molar-refractivity contribution in [1.82, 2.24) is 5.43 Å². The molecule has 1 aliphatic rings. The number of ether oxygens (including phenoxy) is 2. The highest BCUT2D eigenvalue weighted by atomic mass is 16.6. The fraction of sp³-hybridized carbons (Fsp3) is 0.263. The van der Waals surface area contributed by atoms with Gasteiger partial charge in [-0.3, -0.25) is 4.79 Å². The van der Waals surface area contributed by atoms with Gasteiger partial charge in [-0.15, -0.1) is 0 Å². The third-order valence-electron chi connectivity index (χ3n) is 3.92. The van der Waals surface area contributed by atoms with E-state index in [2.05, 4.69) is 22.7 Å². The Morgan fingerprint density at radius 3 is 2.71 bits per heavy atom. The van der Waals surface area contributed by atoms with Crippen LogP contribution in [0, 0.1) is 13.8 Å². The summed E-state index contributed by atoms with van der Waals surface area (Å²) in [6, 6.07) is 13.4. The molecule has 1 N–H and O–H groups in total. The maximum Gasteiger partial charge on any atom is 0.284 e. The molecule has 0 radical (unpaired) electrons. The average Bonchev–Trinajstić information content (AvgIpc) is 2.61. The number of hydrogen-bond acceptors (Lipinski definition) is 4. The van der Waals surface area contributed by atoms with Gasteiger partial charge in [0.15, 0.2) is 11.5 Å². The van der Waals surface area contributed by atoms with Crippen LogP contribution in [0.4, 0.5) is 0 Å². The van der Waals surface area contributed by atoms with E-state index in [0.29, 0.717) is 11.5 Å². The minimum absolute atomic E-state index is 0.168. The summed E-state index contributed by atoms with van der Waals surface area (Å²) in [7, 11) is 0. The molecular formula is C19H20N2O3. The Balaban J connectivity index is 1.68. The second-order valence-corrected chi connectivity index (χ2v) is 5.86. The Labute approximate surface area is 141 Å². The van der Waals surface area contributed by atoms with Crippen LogP contribution < -0.4 is 14.9 Å². The van der Waals surface area contributed by atoms with E-state index in [1.165, 1.54) is 0 Å². The normalized spacial score (nSPS) is 16.6. The third kappa shape index (κ3) is 3.40. The first kappa shape index (κ1) is 16.1. The van der Waals surface area contributed by atoms with E-state index in [1.807, 2.05) is 45.0 Å². The Morgan fingerprint density at radius 2 is 1.92 bits per heavy atom. The number of hydrazone groups is 1. The number of carbonyl (C=O) groups is 1. The smallest absolute Gasteiger partial charge is 0.284 e. The van der Waals surface area contributed by atoms with Crippen molar-refractivity contribution in [3.63, 3.8) is 0 Å². The van der Waals surface area contributed by atoms with Crippen molar-refractivity contribution in [1.29, 1.82) is 0 Å². The number of nitrogens with one attached hydrogen (secondary N) is 1. The highest BCUT2D eigenvalue weighted by Crippen LogP contribution is 2.30. The van der Waals surface area contributed by atoms with Crippen LogP contribution in [0.1, 0.15) is 23.6 Å². The zero-order valence-electron chi connectivity index (χ0n) is 14.0. The van der Waals surface area contributed by atoms with Gasteiger partial charge in [0.25, 0.3) is 5.91 Å². The first-order valence-corrected chi connectivity index (χ1v) is 7.85. The zero-order chi connectivity index (χ0) is 17.1. The summed E-state index contributed by atoms with van der Waals surface area (Å²) >= 11 is 0. The Morgan fingerprint density at radius 1 is 1.17 bits per heavy atom. The summed E-state index contributed by atoms with van der Waals surface area (Å²) < 4.78 is 11.2. The lowest BCUT2D eigenvalue weighted by molar-refractivity contribution is -0.130. The first-order chi connectivity index (χ1) is 11.5. The molecule has 1 atom stereocenters. The van der Waals surface area contributed by atoms with Gasteiger partial charge in [0, 0.05) is 5.56 Å². The summed E-state index contributed by atoms with van der Waals surface area (Å²) in [5.41, 5.74) is 6.60. The first-order valence-electron chi connectivity index (χ1n) is 7.85. The quantitative estimate of drug-likeness (QED) is 0.697. The Bertz CT molecular complexity index is 799. The molecule has 2 aromatic carbocycles. The van der Waals surface area contributed by atoms with E-state index >= 15 is 0 Å². The van der Waals surface area contributed by atoms with Crippen molar-refractivity contribution < 1.29 is 14.3 Å². The number of para-hydroxylation sites is 2. The number of hydrogen-bond donors (Lipinski definition) is 1. The van der Waals surface area contributed by atoms with E-state index < -0.39 is 6.10 Å². The van der Waals surface area contributed by atoms with E-state index in [1.54, 1.807) is 6.07 Å². The monoisotopic (exact) mass is 324 g/mol. The fourth-order valence-electron chi connectivity index (χ4n) is 2.55. The molecule has 0 saturated carbocycles. The van der Waals surface area contributed by atoms with E-state index in [0.717, 1.165) is 22.4 Å². The standard InChI is InChI=1S/C19H20N2O3/c1-12-8-9-13(2)15(10-12)14(3)20-21-19(22)18-11-23-16-6-4-5-7-17(16)24-18/h4-10,18H,11H2,1-3H3,(H,21,22)/b20-14-/t18-/m0/s1. The molecule has 0 saturated heterocycles. The lowest BCUT2D eigenvalue weighted by atomic mass is 10.0. The second-order valence-electron chi connectivity index (χ2n) is 5.86. The highest BCUT2D eigenvalue weighted by Gasteiger charge is 2.27. The summed E-state index contributed by atoms with van der Waals surface area (Å²) in [6.07, 6.45) is -0.713. The maximum absolute atomic E-state index is 12.3. The lowest BCUT2D eigenvalue weighted by Gasteiger charge is -2.24. The topological polar surface area (TPSA) is 59.9 Å². The van der Waals surface area contributed by atoms with Gasteiger partial charge in [0.05, 0.1) is 5.71 Å². The predicted molar refractivity (Wildman–Crippen MR) is 92.6 cm³/mol. The summed E-state index contributed by atoms with van der Waals surface area (Å²) in [6.45, 7) is 6.08. The van der Waals surface area contributed by atoms with Crippen LogP contribution in [0.5, 0.6) is 11.5 Å². The molecule has 24 heavy (non-hydrogen) atoms. The van der Waals surface area contributed by atoms with Crippen LogP contribution in [0.15, 0.2) is 47.6 Å². The molecule has 5 nitrogen and oxygen atoms in total. The number of amides is 1. The molecule has 0 bridgehead atoms. The third-order valence-corrected chi connectivity index (χ3v) is 3.92. The maximum atomic E-state index is 12.3. The summed E-state index contributed by atoms with van der Waals surface area (Å²) in [5, 5.41) is 4.21. The number of nitrogens with zero attached hydrogens (tertiary/aromatic N) is 1. The molecule has 0 aliphatic carbocycles. The molecule has 2 aromatic rings. The van der Waals surface area contributed by atoms with Gasteiger partial charge in [-0.1, -0.05) is 29.8 Å². The summed E-state index contributed by atoms with van der Waals surface area (Å²) in [4.78, 5) is 12.3. The highest BCUT2D eigenvalue weighted by molar-refractivity contribution is 6.00. The number of benzene rings is 2. The van der Waals surface area contributed by atoms with E-state index in [4.69, 9.17) is 9.47 Å². The van der Waals surface area contributed by atoms with Gasteiger partial charge >= 0.3 is 0 Å². The van der Waals surface area contributed by atoms with E-state index in [9.17, 15) is 4.79 Å². The molecule has 1 amide bonds. The molecule has 5 heteroatoms. The van der Waals surface area contributed by atoms with Gasteiger partial charge in [0.2, 0.25) is 6.10 Å². The van der Waals surface area contributed by atoms with Crippen molar-refractivity contribution in [3.8, 4) is 11.5 Å². The molecule has 1 heterocycles. The Hall–Kier alpha value is -2.82. The minimum atomic E-state index is -0.713. The van der Waals surface area contributed by atoms with Gasteiger partial charge in [0.1, 0.15) is 6.61 Å². The molecule has 0 unspecified atom stereocenters. The largest absolute Gasteiger partial charge is 0.485 e. The lowest BCUT2D eigenvalue weighted by Crippen LogP contribution is -2.42. The number of fused-ring (bicyclic) bond motifs is 1. The second kappa shape index (κ2) is 6.74. The van der Waals surface area contributed by atoms with Crippen molar-refractivity contribution in [2.75, 3.05) is 6.61 Å². The SMILES string of the molecule is C/C(=N/NC(=O)[C@@H]1COc2ccccc2O1)c1cc(C)ccc1C. The molecule has 124 valence electrons. The van der Waals surface area contributed by atoms with Crippen molar-refractivity contribution in [2.45, 2.75) is 26.9 Å². The van der Waals surface area contributed by atoms with Crippen molar-refractivity contribution in [2.24, 2.45) is 5.10 Å². The van der Waals surface area contributed by atoms with Gasteiger partial charge in [-0.05, 0) is 44.5 Å². The van der Waals surface area contributed by atoms with Crippen LogP contribution in [0.2, 0.25) is 0 Å². The summed E-state index contributed by atoms with van der Waals surface area (Å²) in [5.74, 6) is 0.893.